The van der Waals surface area contributed by atoms with E-state index >= 15 is 0 Å². The highest BCUT2D eigenvalue weighted by Gasteiger charge is 2.12. The Kier molecular flexibility index (Phi) is 6.24. The molecule has 1 rings (SSSR count). The third-order valence-electron chi connectivity index (χ3n) is 2.44. The first-order valence-corrected chi connectivity index (χ1v) is 6.26. The standard InChI is InChI=1S/C12H16ClN3O3/c1-9(17)15-6-2-5-14-8-10-3-4-11(13)12(7-10)16(18)19/h3-4,7,14H,2,5-6,8H2,1H3,(H,15,17). The molecule has 19 heavy (non-hydrogen) atoms. The molecule has 0 unspecified atom stereocenters. The maximum atomic E-state index is 10.7. The zero-order valence-corrected chi connectivity index (χ0v) is 11.4. The topological polar surface area (TPSA) is 84.3 Å². The van der Waals surface area contributed by atoms with Crippen LogP contribution in [-0.4, -0.2) is 23.9 Å². The number of benzene rings is 1. The summed E-state index contributed by atoms with van der Waals surface area (Å²) < 4.78 is 0. The van der Waals surface area contributed by atoms with Gasteiger partial charge in [0.05, 0.1) is 4.92 Å². The molecule has 0 spiro atoms. The van der Waals surface area contributed by atoms with Gasteiger partial charge in [-0.2, -0.15) is 0 Å². The molecule has 1 aromatic carbocycles. The van der Waals surface area contributed by atoms with Crippen molar-refractivity contribution in [1.82, 2.24) is 10.6 Å². The minimum absolute atomic E-state index is 0.0478. The summed E-state index contributed by atoms with van der Waals surface area (Å²) >= 11 is 5.72. The molecule has 0 aromatic heterocycles. The average molecular weight is 286 g/mol. The predicted molar refractivity (Wildman–Crippen MR) is 73.1 cm³/mol. The summed E-state index contributed by atoms with van der Waals surface area (Å²) in [6.45, 7) is 3.33. The number of nitro groups is 1. The summed E-state index contributed by atoms with van der Waals surface area (Å²) in [4.78, 5) is 20.8. The summed E-state index contributed by atoms with van der Waals surface area (Å²) in [5.74, 6) is -0.0478. The molecule has 2 N–H and O–H groups in total. The average Bonchev–Trinajstić information content (AvgIpc) is 2.34. The molecular weight excluding hydrogens is 270 g/mol. The zero-order valence-electron chi connectivity index (χ0n) is 10.6. The van der Waals surface area contributed by atoms with Gasteiger partial charge in [0.15, 0.2) is 0 Å². The quantitative estimate of drug-likeness (QED) is 0.455. The van der Waals surface area contributed by atoms with E-state index in [4.69, 9.17) is 11.6 Å². The maximum absolute atomic E-state index is 10.7. The molecule has 7 heteroatoms. The van der Waals surface area contributed by atoms with Gasteiger partial charge in [-0.3, -0.25) is 14.9 Å². The second kappa shape index (κ2) is 7.70. The van der Waals surface area contributed by atoms with Crippen molar-refractivity contribution in [2.24, 2.45) is 0 Å². The Hall–Kier alpha value is -1.66. The van der Waals surface area contributed by atoms with Gasteiger partial charge < -0.3 is 10.6 Å². The van der Waals surface area contributed by atoms with Crippen molar-refractivity contribution < 1.29 is 9.72 Å². The second-order valence-electron chi connectivity index (χ2n) is 4.06. The fourth-order valence-corrected chi connectivity index (χ4v) is 1.71. The molecule has 1 aromatic rings. The Morgan fingerprint density at radius 1 is 1.42 bits per heavy atom. The van der Waals surface area contributed by atoms with Crippen molar-refractivity contribution in [3.05, 3.63) is 38.9 Å². The van der Waals surface area contributed by atoms with Gasteiger partial charge >= 0.3 is 0 Å². The highest BCUT2D eigenvalue weighted by atomic mass is 35.5. The Labute approximate surface area is 116 Å². The Bertz CT molecular complexity index is 466. The fourth-order valence-electron chi connectivity index (χ4n) is 1.52. The molecule has 6 nitrogen and oxygen atoms in total. The van der Waals surface area contributed by atoms with E-state index in [2.05, 4.69) is 10.6 Å². The van der Waals surface area contributed by atoms with Crippen LogP contribution in [0.25, 0.3) is 0 Å². The van der Waals surface area contributed by atoms with Crippen molar-refractivity contribution in [3.8, 4) is 0 Å². The summed E-state index contributed by atoms with van der Waals surface area (Å²) in [5.41, 5.74) is 0.717. The first kappa shape index (κ1) is 15.4. The van der Waals surface area contributed by atoms with Crippen molar-refractivity contribution in [3.63, 3.8) is 0 Å². The van der Waals surface area contributed by atoms with Crippen LogP contribution >= 0.6 is 11.6 Å². The molecule has 0 bridgehead atoms. The lowest BCUT2D eigenvalue weighted by atomic mass is 10.2. The van der Waals surface area contributed by atoms with Gasteiger partial charge in [0.2, 0.25) is 5.91 Å². The van der Waals surface area contributed by atoms with Gasteiger partial charge in [-0.25, -0.2) is 0 Å². The van der Waals surface area contributed by atoms with Gasteiger partial charge in [0.1, 0.15) is 5.02 Å². The lowest BCUT2D eigenvalue weighted by Crippen LogP contribution is -2.24. The molecule has 1 amide bonds. The molecule has 0 saturated carbocycles. The van der Waals surface area contributed by atoms with Crippen molar-refractivity contribution in [2.75, 3.05) is 13.1 Å². The summed E-state index contributed by atoms with van der Waals surface area (Å²) in [6, 6.07) is 4.73. The van der Waals surface area contributed by atoms with Crippen LogP contribution in [0.5, 0.6) is 0 Å². The first-order valence-electron chi connectivity index (χ1n) is 5.88. The molecule has 104 valence electrons. The smallest absolute Gasteiger partial charge is 0.288 e. The van der Waals surface area contributed by atoms with Crippen molar-refractivity contribution in [1.29, 1.82) is 0 Å². The van der Waals surface area contributed by atoms with E-state index in [-0.39, 0.29) is 16.6 Å². The van der Waals surface area contributed by atoms with Crippen LogP contribution in [0, 0.1) is 10.1 Å². The predicted octanol–water partition coefficient (Wildman–Crippen LogP) is 1.86. The summed E-state index contributed by atoms with van der Waals surface area (Å²) in [5, 5.41) is 16.7. The zero-order chi connectivity index (χ0) is 14.3. The van der Waals surface area contributed by atoms with E-state index in [1.165, 1.54) is 19.1 Å². The Morgan fingerprint density at radius 2 is 2.16 bits per heavy atom. The van der Waals surface area contributed by atoms with E-state index in [1.807, 2.05) is 0 Å². The Morgan fingerprint density at radius 3 is 2.79 bits per heavy atom. The van der Waals surface area contributed by atoms with E-state index in [0.717, 1.165) is 18.5 Å². The van der Waals surface area contributed by atoms with Gasteiger partial charge in [-0.05, 0) is 24.6 Å². The van der Waals surface area contributed by atoms with Gasteiger partial charge in [-0.15, -0.1) is 0 Å². The third-order valence-corrected chi connectivity index (χ3v) is 2.76. The minimum atomic E-state index is -0.497. The maximum Gasteiger partial charge on any atom is 0.288 e. The van der Waals surface area contributed by atoms with Gasteiger partial charge in [0.25, 0.3) is 5.69 Å². The molecule has 0 aliphatic carbocycles. The molecule has 0 saturated heterocycles. The van der Waals surface area contributed by atoms with Crippen LogP contribution in [0.1, 0.15) is 18.9 Å². The number of hydrogen-bond donors (Lipinski definition) is 2. The van der Waals surface area contributed by atoms with E-state index < -0.39 is 4.92 Å². The van der Waals surface area contributed by atoms with Crippen LogP contribution in [0.4, 0.5) is 5.69 Å². The van der Waals surface area contributed by atoms with E-state index in [1.54, 1.807) is 6.07 Å². The summed E-state index contributed by atoms with van der Waals surface area (Å²) in [7, 11) is 0. The molecule has 0 aliphatic rings. The number of nitrogens with one attached hydrogen (secondary N) is 2. The highest BCUT2D eigenvalue weighted by Crippen LogP contribution is 2.24. The SMILES string of the molecule is CC(=O)NCCCNCc1ccc(Cl)c([N+](=O)[O-])c1. The van der Waals surface area contributed by atoms with Crippen molar-refractivity contribution >= 4 is 23.2 Å². The molecule has 0 radical (unpaired) electrons. The van der Waals surface area contributed by atoms with E-state index in [9.17, 15) is 14.9 Å². The number of carbonyl (C=O) groups excluding carboxylic acids is 1. The third kappa shape index (κ3) is 5.67. The number of nitro benzene ring substituents is 1. The highest BCUT2D eigenvalue weighted by molar-refractivity contribution is 6.32. The number of hydrogen-bond acceptors (Lipinski definition) is 4. The number of nitrogens with zero attached hydrogens (tertiary/aromatic N) is 1. The molecule has 0 fully saturated rings. The van der Waals surface area contributed by atoms with Crippen LogP contribution in [-0.2, 0) is 11.3 Å². The second-order valence-corrected chi connectivity index (χ2v) is 4.46. The molecule has 0 heterocycles. The largest absolute Gasteiger partial charge is 0.356 e. The number of carbonyl (C=O) groups is 1. The normalized spacial score (nSPS) is 10.2. The lowest BCUT2D eigenvalue weighted by molar-refractivity contribution is -0.384. The van der Waals surface area contributed by atoms with Crippen LogP contribution in [0.2, 0.25) is 5.02 Å². The minimum Gasteiger partial charge on any atom is -0.356 e. The number of halogens is 1. The molecular formula is C12H16ClN3O3. The Balaban J connectivity index is 2.35. The molecule has 0 aliphatic heterocycles. The van der Waals surface area contributed by atoms with Crippen LogP contribution in [0.15, 0.2) is 18.2 Å². The molecule has 0 atom stereocenters. The van der Waals surface area contributed by atoms with E-state index in [0.29, 0.717) is 13.1 Å². The van der Waals surface area contributed by atoms with Crippen molar-refractivity contribution in [2.45, 2.75) is 19.9 Å². The lowest BCUT2D eigenvalue weighted by Gasteiger charge is -2.06. The number of amides is 1. The van der Waals surface area contributed by atoms with Crippen LogP contribution in [0.3, 0.4) is 0 Å². The van der Waals surface area contributed by atoms with Gasteiger partial charge in [0, 0.05) is 26.1 Å². The fraction of sp³-hybridized carbons (Fsp3) is 0.417. The first-order chi connectivity index (χ1) is 9.00. The summed E-state index contributed by atoms with van der Waals surface area (Å²) in [6.07, 6.45) is 0.801. The van der Waals surface area contributed by atoms with Crippen LogP contribution < -0.4 is 10.6 Å². The van der Waals surface area contributed by atoms with Gasteiger partial charge in [-0.1, -0.05) is 17.7 Å². The monoisotopic (exact) mass is 285 g/mol. The number of rotatable bonds is 7.